The Hall–Kier alpha value is 1.20. The highest BCUT2D eigenvalue weighted by Crippen LogP contribution is 1.86. The van der Waals surface area contributed by atoms with Crippen molar-refractivity contribution < 1.29 is 0 Å². The number of hydrogen-bond acceptors (Lipinski definition) is 0. The van der Waals surface area contributed by atoms with E-state index in [1.165, 1.54) is 2.43 Å². The molecule has 0 aromatic heterocycles. The fraction of sp³-hybridized carbons (Fsp3) is 0.333. The van der Waals surface area contributed by atoms with Gasteiger partial charge in [-0.15, -0.1) is 13.2 Å². The second-order valence-corrected chi connectivity index (χ2v) is 4.55. The third-order valence-corrected chi connectivity index (χ3v) is 0. The molecule has 0 N–H and O–H groups in total. The van der Waals surface area contributed by atoms with E-state index in [2.05, 4.69) is 58.3 Å². The van der Waals surface area contributed by atoms with E-state index in [9.17, 15) is 0 Å². The molecule has 0 radical (unpaired) electrons. The van der Waals surface area contributed by atoms with Crippen molar-refractivity contribution in [3.05, 3.63) is 13.2 Å². The lowest BCUT2D eigenvalue weighted by molar-refractivity contribution is 2.58. The van der Waals surface area contributed by atoms with Crippen LogP contribution in [0.3, 0.4) is 0 Å². The highest BCUT2D eigenvalue weighted by Gasteiger charge is 1.40. The van der Waals surface area contributed by atoms with E-state index < -0.39 is 0 Å². The zero-order valence-electron chi connectivity index (χ0n) is 2.88. The predicted molar refractivity (Wildman–Crippen MR) is 44.2 cm³/mol. The molecule has 0 saturated carbocycles. The van der Waals surface area contributed by atoms with Crippen molar-refractivity contribution in [3.63, 3.8) is 0 Å². The standard InChI is InChI=1S/C2H4.CH2I2/c1-2;2-1-3/h1-2H2;1H2. The third-order valence-electron chi connectivity index (χ3n) is 0. The van der Waals surface area contributed by atoms with Gasteiger partial charge < -0.3 is 0 Å². The van der Waals surface area contributed by atoms with Gasteiger partial charge in [-0.25, -0.2) is 0 Å². The van der Waals surface area contributed by atoms with Gasteiger partial charge in [-0.1, -0.05) is 45.2 Å². The Bertz CT molecular complexity index is 8.85. The van der Waals surface area contributed by atoms with Crippen LogP contribution in [-0.4, -0.2) is 2.43 Å². The van der Waals surface area contributed by atoms with Crippen molar-refractivity contribution >= 4 is 45.2 Å². The molecular weight excluding hydrogens is 290 g/mol. The van der Waals surface area contributed by atoms with Crippen molar-refractivity contribution in [1.29, 1.82) is 0 Å². The van der Waals surface area contributed by atoms with Crippen molar-refractivity contribution in [2.75, 3.05) is 2.43 Å². The predicted octanol–water partition coefficient (Wildman–Crippen LogP) is 2.62. The van der Waals surface area contributed by atoms with E-state index in [-0.39, 0.29) is 0 Å². The highest BCUT2D eigenvalue weighted by molar-refractivity contribution is 14.2. The van der Waals surface area contributed by atoms with Crippen LogP contribution in [0.2, 0.25) is 0 Å². The van der Waals surface area contributed by atoms with Crippen LogP contribution < -0.4 is 0 Å². The molecule has 0 bridgehead atoms. The van der Waals surface area contributed by atoms with E-state index in [4.69, 9.17) is 0 Å². The first-order valence-corrected chi connectivity index (χ1v) is 4.09. The molecule has 0 amide bonds. The first-order valence-electron chi connectivity index (χ1n) is 1.03. The first kappa shape index (κ1) is 9.50. The molecule has 0 spiro atoms. The van der Waals surface area contributed by atoms with Gasteiger partial charge in [0.05, 0.1) is 2.43 Å². The maximum Gasteiger partial charge on any atom is 0.0516 e. The molecule has 0 aliphatic carbocycles. The minimum atomic E-state index is 1.19. The molecule has 0 nitrogen and oxygen atoms in total. The van der Waals surface area contributed by atoms with Gasteiger partial charge in [0.15, 0.2) is 0 Å². The molecule has 0 saturated heterocycles. The summed E-state index contributed by atoms with van der Waals surface area (Å²) in [5.74, 6) is 0. The summed E-state index contributed by atoms with van der Waals surface area (Å²) in [6, 6.07) is 0. The molecule has 0 atom stereocenters. The molecule has 0 aromatic rings. The van der Waals surface area contributed by atoms with E-state index in [0.29, 0.717) is 0 Å². The summed E-state index contributed by atoms with van der Waals surface area (Å²) < 4.78 is 1.19. The fourth-order valence-electron chi connectivity index (χ4n) is 0. The maximum absolute atomic E-state index is 3.00. The van der Waals surface area contributed by atoms with Gasteiger partial charge in [0.25, 0.3) is 0 Å². The summed E-state index contributed by atoms with van der Waals surface area (Å²) in [5, 5.41) is 0. The van der Waals surface area contributed by atoms with Crippen LogP contribution in [0.5, 0.6) is 0 Å². The second kappa shape index (κ2) is 19.0. The topological polar surface area (TPSA) is 0 Å². The van der Waals surface area contributed by atoms with Crippen molar-refractivity contribution in [3.8, 4) is 0 Å². The van der Waals surface area contributed by atoms with E-state index >= 15 is 0 Å². The SMILES string of the molecule is C=C.ICI. The lowest BCUT2D eigenvalue weighted by Crippen LogP contribution is -1.17. The Morgan fingerprint density at radius 1 is 1.20 bits per heavy atom. The highest BCUT2D eigenvalue weighted by atomic mass is 127. The molecule has 2 heteroatoms. The normalized spacial score (nSPS) is 4.40. The average Bonchev–Trinajstić information content (AvgIpc) is 1.46. The van der Waals surface area contributed by atoms with Crippen LogP contribution >= 0.6 is 45.2 Å². The molecule has 0 aliphatic rings. The lowest BCUT2D eigenvalue weighted by Gasteiger charge is -1.43. The van der Waals surface area contributed by atoms with Crippen LogP contribution in [0.25, 0.3) is 0 Å². The Labute approximate surface area is 60.3 Å². The number of hydrogen-bond donors (Lipinski definition) is 0. The van der Waals surface area contributed by atoms with Gasteiger partial charge in [0.2, 0.25) is 0 Å². The average molecular weight is 296 g/mol. The third kappa shape index (κ3) is 37.0. The molecule has 0 rings (SSSR count). The Morgan fingerprint density at radius 2 is 1.20 bits per heavy atom. The van der Waals surface area contributed by atoms with Crippen LogP contribution in [0.1, 0.15) is 0 Å². The van der Waals surface area contributed by atoms with Crippen molar-refractivity contribution in [2.45, 2.75) is 0 Å². The fourth-order valence-corrected chi connectivity index (χ4v) is 0. The van der Waals surface area contributed by atoms with Crippen LogP contribution in [-0.2, 0) is 0 Å². The smallest absolute Gasteiger partial charge is 0.0516 e. The zero-order valence-corrected chi connectivity index (χ0v) is 7.19. The van der Waals surface area contributed by atoms with Crippen molar-refractivity contribution in [1.82, 2.24) is 0 Å². The lowest BCUT2D eigenvalue weighted by atomic mass is 11.3. The summed E-state index contributed by atoms with van der Waals surface area (Å²) in [6.07, 6.45) is 0. The van der Waals surface area contributed by atoms with Gasteiger partial charge in [0, 0.05) is 0 Å². The van der Waals surface area contributed by atoms with Gasteiger partial charge in [0.1, 0.15) is 0 Å². The minimum absolute atomic E-state index is 1.19. The molecular formula is C3H6I2. The molecule has 32 valence electrons. The number of alkyl halides is 2. The molecule has 0 unspecified atom stereocenters. The van der Waals surface area contributed by atoms with Crippen LogP contribution in [0.15, 0.2) is 13.2 Å². The van der Waals surface area contributed by atoms with Crippen LogP contribution in [0.4, 0.5) is 0 Å². The van der Waals surface area contributed by atoms with E-state index in [1.807, 2.05) is 0 Å². The largest absolute Gasteiger partial charge is 0.106 e. The zero-order chi connectivity index (χ0) is 4.71. The molecule has 0 heterocycles. The molecule has 5 heavy (non-hydrogen) atoms. The van der Waals surface area contributed by atoms with Gasteiger partial charge in [-0.3, -0.25) is 0 Å². The molecule has 0 aromatic carbocycles. The Morgan fingerprint density at radius 3 is 1.20 bits per heavy atom. The number of rotatable bonds is 0. The molecule has 0 fully saturated rings. The van der Waals surface area contributed by atoms with Gasteiger partial charge in [-0.2, -0.15) is 0 Å². The summed E-state index contributed by atoms with van der Waals surface area (Å²) in [7, 11) is 0. The van der Waals surface area contributed by atoms with Gasteiger partial charge >= 0.3 is 0 Å². The van der Waals surface area contributed by atoms with E-state index in [1.54, 1.807) is 0 Å². The number of halogens is 2. The van der Waals surface area contributed by atoms with Gasteiger partial charge in [-0.05, 0) is 0 Å². The molecule has 0 aliphatic heterocycles. The van der Waals surface area contributed by atoms with Crippen LogP contribution in [0, 0.1) is 0 Å². The summed E-state index contributed by atoms with van der Waals surface area (Å²) in [5.41, 5.74) is 0. The summed E-state index contributed by atoms with van der Waals surface area (Å²) >= 11 is 4.55. The Balaban J connectivity index is 0. The first-order chi connectivity index (χ1) is 2.41. The maximum atomic E-state index is 3.00. The monoisotopic (exact) mass is 296 g/mol. The quantitative estimate of drug-likeness (QED) is 0.366. The summed E-state index contributed by atoms with van der Waals surface area (Å²) in [4.78, 5) is 0. The Kier molecular flexibility index (Phi) is 36.0. The van der Waals surface area contributed by atoms with E-state index in [0.717, 1.165) is 0 Å². The van der Waals surface area contributed by atoms with Crippen molar-refractivity contribution in [2.24, 2.45) is 0 Å². The second-order valence-electron chi connectivity index (χ2n) is 0.101. The minimum Gasteiger partial charge on any atom is -0.106 e. The summed E-state index contributed by atoms with van der Waals surface area (Å²) in [6.45, 7) is 6.00.